The van der Waals surface area contributed by atoms with Crippen molar-refractivity contribution in [3.63, 3.8) is 0 Å². The van der Waals surface area contributed by atoms with E-state index in [1.54, 1.807) is 29.6 Å². The summed E-state index contributed by atoms with van der Waals surface area (Å²) in [5.74, 6) is -0.0854. The third-order valence-electron chi connectivity index (χ3n) is 3.39. The van der Waals surface area contributed by atoms with E-state index in [2.05, 4.69) is 0 Å². The Balaban J connectivity index is 1.95. The molecule has 2 N–H and O–H groups in total. The highest BCUT2D eigenvalue weighted by atomic mass is 32.1. The lowest BCUT2D eigenvalue weighted by Crippen LogP contribution is -2.20. The number of hydrogen-bond donors (Lipinski definition) is 1. The standard InChI is InChI=1S/C17H14N2O2S/c18-14-8-6-12(7-9-14)15-11-22-17(21)19(15)10-16(20)13-4-2-1-3-5-13/h1-9,11H,10,18H2. The van der Waals surface area contributed by atoms with Crippen LogP contribution in [0.5, 0.6) is 0 Å². The van der Waals surface area contributed by atoms with Gasteiger partial charge in [-0.15, -0.1) is 0 Å². The van der Waals surface area contributed by atoms with E-state index < -0.39 is 0 Å². The highest BCUT2D eigenvalue weighted by Crippen LogP contribution is 2.21. The van der Waals surface area contributed by atoms with Crippen LogP contribution >= 0.6 is 11.3 Å². The average Bonchev–Trinajstić information content (AvgIpc) is 2.90. The number of benzene rings is 2. The Morgan fingerprint density at radius 2 is 1.73 bits per heavy atom. The Morgan fingerprint density at radius 1 is 1.05 bits per heavy atom. The van der Waals surface area contributed by atoms with Gasteiger partial charge in [0.05, 0.1) is 12.2 Å². The molecule has 0 radical (unpaired) electrons. The van der Waals surface area contributed by atoms with Crippen molar-refractivity contribution in [1.82, 2.24) is 4.57 Å². The van der Waals surface area contributed by atoms with Crippen LogP contribution in [0.25, 0.3) is 11.3 Å². The summed E-state index contributed by atoms with van der Waals surface area (Å²) in [5, 5.41) is 1.77. The molecule has 0 aliphatic heterocycles. The molecule has 0 aliphatic carbocycles. The number of carbonyl (C=O) groups excluding carboxylic acids is 1. The number of aromatic nitrogens is 1. The summed E-state index contributed by atoms with van der Waals surface area (Å²) in [6.45, 7) is 0.0338. The highest BCUT2D eigenvalue weighted by molar-refractivity contribution is 7.07. The zero-order chi connectivity index (χ0) is 15.5. The molecule has 0 saturated heterocycles. The van der Waals surface area contributed by atoms with Gasteiger partial charge in [0.1, 0.15) is 0 Å². The first-order valence-corrected chi connectivity index (χ1v) is 7.65. The number of nitrogens with two attached hydrogens (primary N) is 1. The molecule has 5 heteroatoms. The quantitative estimate of drug-likeness (QED) is 0.595. The molecule has 0 unspecified atom stereocenters. The Morgan fingerprint density at radius 3 is 2.41 bits per heavy atom. The lowest BCUT2D eigenvalue weighted by molar-refractivity contribution is 0.0972. The van der Waals surface area contributed by atoms with E-state index in [1.165, 1.54) is 4.57 Å². The van der Waals surface area contributed by atoms with Crippen molar-refractivity contribution in [2.24, 2.45) is 0 Å². The third kappa shape index (κ3) is 2.84. The van der Waals surface area contributed by atoms with E-state index in [1.807, 2.05) is 30.3 Å². The normalized spacial score (nSPS) is 10.5. The summed E-state index contributed by atoms with van der Waals surface area (Å²) >= 11 is 1.09. The summed E-state index contributed by atoms with van der Waals surface area (Å²) in [5.41, 5.74) is 8.55. The van der Waals surface area contributed by atoms with Crippen LogP contribution in [-0.4, -0.2) is 10.4 Å². The lowest BCUT2D eigenvalue weighted by atomic mass is 10.1. The molecule has 1 aromatic heterocycles. The van der Waals surface area contributed by atoms with Crippen molar-refractivity contribution < 1.29 is 4.79 Å². The molecule has 110 valence electrons. The Hall–Kier alpha value is -2.66. The fourth-order valence-electron chi connectivity index (χ4n) is 2.22. The Kier molecular flexibility index (Phi) is 3.89. The molecule has 0 bridgehead atoms. The zero-order valence-electron chi connectivity index (χ0n) is 11.7. The Bertz CT molecular complexity index is 848. The average molecular weight is 310 g/mol. The predicted molar refractivity (Wildman–Crippen MR) is 89.2 cm³/mol. The number of rotatable bonds is 4. The molecule has 1 heterocycles. The zero-order valence-corrected chi connectivity index (χ0v) is 12.5. The first-order chi connectivity index (χ1) is 10.6. The van der Waals surface area contributed by atoms with Gasteiger partial charge in [0.25, 0.3) is 0 Å². The van der Waals surface area contributed by atoms with Crippen LogP contribution in [0.3, 0.4) is 0 Å². The van der Waals surface area contributed by atoms with Crippen LogP contribution in [0.2, 0.25) is 0 Å². The first-order valence-electron chi connectivity index (χ1n) is 6.77. The number of carbonyl (C=O) groups is 1. The second-order valence-electron chi connectivity index (χ2n) is 4.88. The number of nitrogens with zero attached hydrogens (tertiary/aromatic N) is 1. The van der Waals surface area contributed by atoms with Gasteiger partial charge in [-0.2, -0.15) is 0 Å². The molecule has 4 nitrogen and oxygen atoms in total. The fraction of sp³-hybridized carbons (Fsp3) is 0.0588. The van der Waals surface area contributed by atoms with Gasteiger partial charge in [-0.25, -0.2) is 0 Å². The number of nitrogen functional groups attached to an aromatic ring is 1. The summed E-state index contributed by atoms with van der Waals surface area (Å²) in [7, 11) is 0. The molecule has 0 amide bonds. The smallest absolute Gasteiger partial charge is 0.307 e. The lowest BCUT2D eigenvalue weighted by Gasteiger charge is -2.07. The summed E-state index contributed by atoms with van der Waals surface area (Å²) in [6, 6.07) is 16.2. The van der Waals surface area contributed by atoms with Crippen molar-refractivity contribution in [1.29, 1.82) is 0 Å². The van der Waals surface area contributed by atoms with Gasteiger partial charge in [0.15, 0.2) is 5.78 Å². The topological polar surface area (TPSA) is 65.1 Å². The molecule has 22 heavy (non-hydrogen) atoms. The van der Waals surface area contributed by atoms with Crippen molar-refractivity contribution in [3.05, 3.63) is 75.2 Å². The minimum Gasteiger partial charge on any atom is -0.399 e. The summed E-state index contributed by atoms with van der Waals surface area (Å²) in [6.07, 6.45) is 0. The fourth-order valence-corrected chi connectivity index (χ4v) is 2.98. The van der Waals surface area contributed by atoms with E-state index in [-0.39, 0.29) is 17.2 Å². The van der Waals surface area contributed by atoms with Crippen molar-refractivity contribution in [2.75, 3.05) is 5.73 Å². The minimum absolute atomic E-state index is 0.0338. The molecule has 2 aromatic carbocycles. The summed E-state index contributed by atoms with van der Waals surface area (Å²) in [4.78, 5) is 24.2. The largest absolute Gasteiger partial charge is 0.399 e. The molecule has 0 aliphatic rings. The van der Waals surface area contributed by atoms with Gasteiger partial charge in [-0.1, -0.05) is 53.8 Å². The van der Waals surface area contributed by atoms with Crippen molar-refractivity contribution in [3.8, 4) is 11.3 Å². The van der Waals surface area contributed by atoms with E-state index in [9.17, 15) is 9.59 Å². The number of ketones is 1. The van der Waals surface area contributed by atoms with E-state index in [0.29, 0.717) is 11.3 Å². The monoisotopic (exact) mass is 310 g/mol. The Labute approximate surface area is 131 Å². The number of thiazole rings is 1. The predicted octanol–water partition coefficient (Wildman–Crippen LogP) is 3.04. The first kappa shape index (κ1) is 14.3. The van der Waals surface area contributed by atoms with Crippen molar-refractivity contribution in [2.45, 2.75) is 6.54 Å². The molecule has 0 saturated carbocycles. The molecule has 0 spiro atoms. The van der Waals surface area contributed by atoms with Gasteiger partial charge in [0, 0.05) is 16.6 Å². The maximum Gasteiger partial charge on any atom is 0.307 e. The molecule has 3 aromatic rings. The maximum atomic E-state index is 12.3. The van der Waals surface area contributed by atoms with Crippen LogP contribution < -0.4 is 10.6 Å². The molecular formula is C17H14N2O2S. The van der Waals surface area contributed by atoms with Gasteiger partial charge in [-0.05, 0) is 17.7 Å². The van der Waals surface area contributed by atoms with E-state index in [4.69, 9.17) is 5.73 Å². The SMILES string of the molecule is Nc1ccc(-c2csc(=O)n2CC(=O)c2ccccc2)cc1. The third-order valence-corrected chi connectivity index (χ3v) is 4.15. The maximum absolute atomic E-state index is 12.3. The molecule has 0 atom stereocenters. The number of hydrogen-bond acceptors (Lipinski definition) is 4. The second kappa shape index (κ2) is 5.99. The molecular weight excluding hydrogens is 296 g/mol. The van der Waals surface area contributed by atoms with Crippen molar-refractivity contribution >= 4 is 22.8 Å². The molecule has 0 fully saturated rings. The number of anilines is 1. The van der Waals surface area contributed by atoms with E-state index >= 15 is 0 Å². The molecule has 3 rings (SSSR count). The van der Waals surface area contributed by atoms with Gasteiger partial charge >= 0.3 is 4.87 Å². The van der Waals surface area contributed by atoms with Crippen LogP contribution in [0.4, 0.5) is 5.69 Å². The number of Topliss-reactive ketones (excluding diaryl/α,β-unsaturated/α-hetero) is 1. The highest BCUT2D eigenvalue weighted by Gasteiger charge is 2.13. The van der Waals surface area contributed by atoms with Gasteiger partial charge in [0.2, 0.25) is 0 Å². The van der Waals surface area contributed by atoms with Gasteiger partial charge in [-0.3, -0.25) is 14.2 Å². The van der Waals surface area contributed by atoms with Crippen LogP contribution in [0.1, 0.15) is 10.4 Å². The van der Waals surface area contributed by atoms with Gasteiger partial charge < -0.3 is 5.73 Å². The van der Waals surface area contributed by atoms with E-state index in [0.717, 1.165) is 22.6 Å². The van der Waals surface area contributed by atoms with Crippen LogP contribution in [0, 0.1) is 0 Å². The minimum atomic E-state index is -0.142. The second-order valence-corrected chi connectivity index (χ2v) is 5.70. The van der Waals surface area contributed by atoms with Crippen LogP contribution in [-0.2, 0) is 6.54 Å². The van der Waals surface area contributed by atoms with Crippen LogP contribution in [0.15, 0.2) is 64.8 Å². The summed E-state index contributed by atoms with van der Waals surface area (Å²) < 4.78 is 1.51.